The molecule has 7 heteroatoms. The van der Waals surface area contributed by atoms with E-state index in [9.17, 15) is 19.5 Å². The summed E-state index contributed by atoms with van der Waals surface area (Å²) in [7, 11) is 0. The van der Waals surface area contributed by atoms with E-state index < -0.39 is 11.9 Å². The Labute approximate surface area is 217 Å². The number of aliphatic carboxylic acids is 1. The zero-order valence-electron chi connectivity index (χ0n) is 20.6. The normalized spacial score (nSPS) is 10.7. The molecule has 2 aromatic carbocycles. The van der Waals surface area contributed by atoms with Gasteiger partial charge in [-0.15, -0.1) is 0 Å². The number of rotatable bonds is 15. The molecule has 0 saturated carbocycles. The smallest absolute Gasteiger partial charge is 0.394 e. The maximum absolute atomic E-state index is 12.4. The average molecular weight is 546 g/mol. The number of anilines is 1. The molecule has 0 atom stereocenters. The van der Waals surface area contributed by atoms with Gasteiger partial charge in [0.1, 0.15) is 0 Å². The molecule has 0 unspecified atom stereocenters. The van der Waals surface area contributed by atoms with Crippen molar-refractivity contribution < 1.29 is 19.5 Å². The fraction of sp³-hybridized carbons (Fsp3) is 0.464. The topological polar surface area (TPSA) is 86.7 Å². The quantitative estimate of drug-likeness (QED) is 0.192. The fourth-order valence-corrected chi connectivity index (χ4v) is 4.14. The fourth-order valence-electron chi connectivity index (χ4n) is 3.88. The Kier molecular flexibility index (Phi) is 13.1. The summed E-state index contributed by atoms with van der Waals surface area (Å²) in [6.07, 6.45) is 12.5. The Morgan fingerprint density at radius 2 is 1.34 bits per heavy atom. The molecule has 0 aliphatic heterocycles. The zero-order valence-corrected chi connectivity index (χ0v) is 22.2. The van der Waals surface area contributed by atoms with Gasteiger partial charge in [-0.05, 0) is 48.4 Å². The molecular weight excluding hydrogens is 508 g/mol. The number of carbonyl (C=O) groups excluding carboxylic acids is 2. The third-order valence-electron chi connectivity index (χ3n) is 5.94. The number of hydrogen-bond donors (Lipinski definition) is 2. The van der Waals surface area contributed by atoms with Crippen molar-refractivity contribution in [2.24, 2.45) is 0 Å². The molecule has 2 rings (SSSR count). The zero-order chi connectivity index (χ0) is 25.5. The van der Waals surface area contributed by atoms with Gasteiger partial charge in [-0.2, -0.15) is 0 Å². The summed E-state index contributed by atoms with van der Waals surface area (Å²) >= 11 is 3.34. The number of halogens is 1. The summed E-state index contributed by atoms with van der Waals surface area (Å²) < 4.78 is 0.831. The second-order valence-electron chi connectivity index (χ2n) is 8.81. The Bertz CT molecular complexity index is 929. The lowest BCUT2D eigenvalue weighted by Gasteiger charge is -2.21. The van der Waals surface area contributed by atoms with E-state index in [1.54, 1.807) is 48.5 Å². The highest BCUT2D eigenvalue weighted by molar-refractivity contribution is 9.10. The number of nitrogens with zero attached hydrogens (tertiary/aromatic N) is 1. The van der Waals surface area contributed by atoms with E-state index in [2.05, 4.69) is 28.2 Å². The largest absolute Gasteiger partial charge is 0.474 e. The molecule has 190 valence electrons. The number of unbranched alkanes of at least 4 members (excludes halogenated alkanes) is 9. The van der Waals surface area contributed by atoms with Crippen molar-refractivity contribution in [1.29, 1.82) is 0 Å². The standard InChI is InChI=1S/C28H37BrN2O4/c1-2-3-4-5-6-7-8-9-10-11-20-30-26(32)23-14-12-22(13-15-23)21-31(27(33)28(34)35)25-18-16-24(29)17-19-25/h12-19H,2-11,20-21H2,1H3,(H,30,32)(H,34,35). The summed E-state index contributed by atoms with van der Waals surface area (Å²) in [6.45, 7) is 2.98. The van der Waals surface area contributed by atoms with Gasteiger partial charge in [0, 0.05) is 22.3 Å². The minimum Gasteiger partial charge on any atom is -0.474 e. The molecule has 2 N–H and O–H groups in total. The van der Waals surface area contributed by atoms with Crippen LogP contribution in [0.1, 0.15) is 87.1 Å². The Balaban J connectivity index is 1.76. The van der Waals surface area contributed by atoms with E-state index in [0.29, 0.717) is 17.8 Å². The Morgan fingerprint density at radius 3 is 1.89 bits per heavy atom. The van der Waals surface area contributed by atoms with Gasteiger partial charge in [0.2, 0.25) is 0 Å². The monoisotopic (exact) mass is 544 g/mol. The van der Waals surface area contributed by atoms with Gasteiger partial charge in [0.25, 0.3) is 5.91 Å². The second kappa shape index (κ2) is 16.1. The first-order valence-electron chi connectivity index (χ1n) is 12.6. The lowest BCUT2D eigenvalue weighted by Crippen LogP contribution is -2.36. The molecule has 0 spiro atoms. The van der Waals surface area contributed by atoms with Crippen molar-refractivity contribution in [2.45, 2.75) is 77.7 Å². The number of nitrogens with one attached hydrogen (secondary N) is 1. The molecule has 6 nitrogen and oxygen atoms in total. The maximum Gasteiger partial charge on any atom is 0.394 e. The van der Waals surface area contributed by atoms with Crippen molar-refractivity contribution in [1.82, 2.24) is 5.32 Å². The van der Waals surface area contributed by atoms with Gasteiger partial charge in [-0.1, -0.05) is 92.8 Å². The average Bonchev–Trinajstić information content (AvgIpc) is 2.86. The van der Waals surface area contributed by atoms with Crippen LogP contribution in [-0.2, 0) is 16.1 Å². The summed E-state index contributed by atoms with van der Waals surface area (Å²) in [5, 5.41) is 12.2. The van der Waals surface area contributed by atoms with Crippen LogP contribution in [0.15, 0.2) is 53.0 Å². The molecule has 0 saturated heterocycles. The lowest BCUT2D eigenvalue weighted by molar-refractivity contribution is -0.148. The Hall–Kier alpha value is -2.67. The molecule has 0 aliphatic carbocycles. The van der Waals surface area contributed by atoms with Crippen LogP contribution in [0, 0.1) is 0 Å². The highest BCUT2D eigenvalue weighted by Gasteiger charge is 2.23. The van der Waals surface area contributed by atoms with Gasteiger partial charge in [0.05, 0.1) is 6.54 Å². The molecule has 0 radical (unpaired) electrons. The van der Waals surface area contributed by atoms with Gasteiger partial charge < -0.3 is 10.4 Å². The van der Waals surface area contributed by atoms with Crippen molar-refractivity contribution in [3.8, 4) is 0 Å². The SMILES string of the molecule is CCCCCCCCCCCCNC(=O)c1ccc(CN(C(=O)C(=O)O)c2ccc(Br)cc2)cc1. The molecule has 0 fully saturated rings. The molecule has 2 aromatic rings. The third-order valence-corrected chi connectivity index (χ3v) is 6.47. The van der Waals surface area contributed by atoms with E-state index in [4.69, 9.17) is 0 Å². The van der Waals surface area contributed by atoms with E-state index in [-0.39, 0.29) is 12.5 Å². The summed E-state index contributed by atoms with van der Waals surface area (Å²) in [5.41, 5.74) is 1.76. The first kappa shape index (κ1) is 28.6. The van der Waals surface area contributed by atoms with Crippen LogP contribution in [0.2, 0.25) is 0 Å². The number of amides is 2. The highest BCUT2D eigenvalue weighted by Crippen LogP contribution is 2.21. The molecule has 2 amide bonds. The van der Waals surface area contributed by atoms with Gasteiger partial charge in [-0.3, -0.25) is 14.5 Å². The number of benzene rings is 2. The number of carboxylic acids is 1. The molecule has 0 aromatic heterocycles. The predicted octanol–water partition coefficient (Wildman–Crippen LogP) is 6.72. The molecular formula is C28H37BrN2O4. The van der Waals surface area contributed by atoms with Crippen LogP contribution >= 0.6 is 15.9 Å². The van der Waals surface area contributed by atoms with Gasteiger partial charge >= 0.3 is 11.9 Å². The van der Waals surface area contributed by atoms with E-state index in [1.165, 1.54) is 56.3 Å². The van der Waals surface area contributed by atoms with Crippen molar-refractivity contribution in [2.75, 3.05) is 11.4 Å². The summed E-state index contributed by atoms with van der Waals surface area (Å²) in [4.78, 5) is 37.2. The first-order valence-corrected chi connectivity index (χ1v) is 13.4. The molecule has 0 bridgehead atoms. The molecule has 0 aliphatic rings. The van der Waals surface area contributed by atoms with Crippen molar-refractivity contribution in [3.63, 3.8) is 0 Å². The van der Waals surface area contributed by atoms with Crippen LogP contribution in [0.25, 0.3) is 0 Å². The van der Waals surface area contributed by atoms with Crippen LogP contribution in [-0.4, -0.2) is 29.4 Å². The van der Waals surface area contributed by atoms with Gasteiger partial charge in [-0.25, -0.2) is 4.79 Å². The number of hydrogen-bond acceptors (Lipinski definition) is 3. The second-order valence-corrected chi connectivity index (χ2v) is 9.72. The maximum atomic E-state index is 12.4. The Morgan fingerprint density at radius 1 is 0.800 bits per heavy atom. The summed E-state index contributed by atoms with van der Waals surface area (Å²) in [6, 6.07) is 13.8. The third kappa shape index (κ3) is 10.6. The number of carboxylic acid groups (broad SMARTS) is 1. The summed E-state index contributed by atoms with van der Waals surface area (Å²) in [5.74, 6) is -2.65. The van der Waals surface area contributed by atoms with Crippen molar-refractivity contribution in [3.05, 3.63) is 64.1 Å². The lowest BCUT2D eigenvalue weighted by atomic mass is 10.1. The minimum atomic E-state index is -1.52. The van der Waals surface area contributed by atoms with Crippen LogP contribution < -0.4 is 10.2 Å². The van der Waals surface area contributed by atoms with E-state index >= 15 is 0 Å². The van der Waals surface area contributed by atoms with Crippen LogP contribution in [0.3, 0.4) is 0 Å². The highest BCUT2D eigenvalue weighted by atomic mass is 79.9. The van der Waals surface area contributed by atoms with Crippen LogP contribution in [0.4, 0.5) is 5.69 Å². The van der Waals surface area contributed by atoms with Gasteiger partial charge in [0.15, 0.2) is 0 Å². The molecule has 35 heavy (non-hydrogen) atoms. The first-order chi connectivity index (χ1) is 16.9. The molecule has 0 heterocycles. The van der Waals surface area contributed by atoms with Crippen molar-refractivity contribution >= 4 is 39.4 Å². The minimum absolute atomic E-state index is 0.0905. The predicted molar refractivity (Wildman–Crippen MR) is 144 cm³/mol. The van der Waals surface area contributed by atoms with E-state index in [1.807, 2.05) is 0 Å². The van der Waals surface area contributed by atoms with E-state index in [0.717, 1.165) is 22.9 Å². The van der Waals surface area contributed by atoms with Crippen LogP contribution in [0.5, 0.6) is 0 Å². The number of carbonyl (C=O) groups is 3.